The molecule has 1 aromatic rings. The number of carbonyl (C=O) groups is 2. The van der Waals surface area contributed by atoms with Gasteiger partial charge < -0.3 is 9.84 Å². The van der Waals surface area contributed by atoms with Gasteiger partial charge in [-0.3, -0.25) is 19.5 Å². The molecule has 0 saturated carbocycles. The summed E-state index contributed by atoms with van der Waals surface area (Å²) in [6.07, 6.45) is 1.63. The number of aliphatic carboxylic acids is 1. The fourth-order valence-corrected chi connectivity index (χ4v) is 1.64. The van der Waals surface area contributed by atoms with Crippen LogP contribution in [0, 0.1) is 0 Å². The summed E-state index contributed by atoms with van der Waals surface area (Å²) in [6, 6.07) is 5.37. The third-order valence-corrected chi connectivity index (χ3v) is 2.24. The molecule has 1 heterocycles. The first-order valence-electron chi connectivity index (χ1n) is 6.32. The maximum atomic E-state index is 11.8. The van der Waals surface area contributed by atoms with Gasteiger partial charge in [0.15, 0.2) is 0 Å². The van der Waals surface area contributed by atoms with Crippen LogP contribution < -0.4 is 0 Å². The number of carbonyl (C=O) groups excluding carboxylic acids is 1. The van der Waals surface area contributed by atoms with Gasteiger partial charge in [0.2, 0.25) is 0 Å². The van der Waals surface area contributed by atoms with Crippen LogP contribution in [-0.2, 0) is 20.9 Å². The molecule has 0 bridgehead atoms. The van der Waals surface area contributed by atoms with Crippen molar-refractivity contribution in [2.24, 2.45) is 0 Å². The smallest absolute Gasteiger partial charge is 0.320 e. The lowest BCUT2D eigenvalue weighted by Gasteiger charge is -2.23. The van der Waals surface area contributed by atoms with Gasteiger partial charge in [0.1, 0.15) is 5.60 Å². The van der Waals surface area contributed by atoms with E-state index in [1.54, 1.807) is 39.1 Å². The van der Waals surface area contributed by atoms with Crippen LogP contribution in [0.4, 0.5) is 0 Å². The largest absolute Gasteiger partial charge is 0.480 e. The Balaban J connectivity index is 2.65. The summed E-state index contributed by atoms with van der Waals surface area (Å²) in [5.41, 5.74) is 0.120. The van der Waals surface area contributed by atoms with Gasteiger partial charge in [-0.15, -0.1) is 0 Å². The molecule has 0 saturated heterocycles. The zero-order valence-electron chi connectivity index (χ0n) is 12.0. The molecule has 0 aliphatic heterocycles. The predicted octanol–water partition coefficient (Wildman–Crippen LogP) is 1.31. The van der Waals surface area contributed by atoms with Crippen LogP contribution in [0.3, 0.4) is 0 Å². The minimum Gasteiger partial charge on any atom is -0.480 e. The van der Waals surface area contributed by atoms with E-state index < -0.39 is 17.5 Å². The van der Waals surface area contributed by atoms with Crippen LogP contribution in [0.15, 0.2) is 24.4 Å². The first kappa shape index (κ1) is 16.1. The van der Waals surface area contributed by atoms with E-state index in [1.807, 2.05) is 6.07 Å². The van der Waals surface area contributed by atoms with Crippen LogP contribution in [0.2, 0.25) is 0 Å². The van der Waals surface area contributed by atoms with Crippen LogP contribution in [0.25, 0.3) is 0 Å². The van der Waals surface area contributed by atoms with Crippen molar-refractivity contribution >= 4 is 11.9 Å². The second kappa shape index (κ2) is 7.00. The number of carboxylic acids is 1. The Morgan fingerprint density at radius 1 is 1.30 bits per heavy atom. The Morgan fingerprint density at radius 3 is 2.50 bits per heavy atom. The second-order valence-electron chi connectivity index (χ2n) is 5.45. The quantitative estimate of drug-likeness (QED) is 0.791. The van der Waals surface area contributed by atoms with Crippen LogP contribution in [-0.4, -0.2) is 45.6 Å². The summed E-state index contributed by atoms with van der Waals surface area (Å²) < 4.78 is 5.19. The Bertz CT molecular complexity index is 454. The van der Waals surface area contributed by atoms with Crippen molar-refractivity contribution in [3.63, 3.8) is 0 Å². The lowest BCUT2D eigenvalue weighted by molar-refractivity contribution is -0.156. The third kappa shape index (κ3) is 6.84. The molecule has 6 heteroatoms. The molecule has 1 aromatic heterocycles. The van der Waals surface area contributed by atoms with Crippen LogP contribution in [0.5, 0.6) is 0 Å². The number of hydrogen-bond acceptors (Lipinski definition) is 5. The van der Waals surface area contributed by atoms with Gasteiger partial charge in [0.25, 0.3) is 0 Å². The number of rotatable bonds is 6. The first-order valence-corrected chi connectivity index (χ1v) is 6.32. The third-order valence-electron chi connectivity index (χ3n) is 2.24. The zero-order valence-corrected chi connectivity index (χ0v) is 12.0. The number of pyridine rings is 1. The summed E-state index contributed by atoms with van der Waals surface area (Å²) in [5.74, 6) is -1.45. The average molecular weight is 280 g/mol. The highest BCUT2D eigenvalue weighted by Gasteiger charge is 2.20. The highest BCUT2D eigenvalue weighted by molar-refractivity contribution is 5.74. The van der Waals surface area contributed by atoms with E-state index in [4.69, 9.17) is 9.84 Å². The molecule has 1 rings (SSSR count). The molecule has 0 amide bonds. The van der Waals surface area contributed by atoms with Crippen LogP contribution >= 0.6 is 0 Å². The predicted molar refractivity (Wildman–Crippen MR) is 73.0 cm³/mol. The number of carboxylic acid groups (broad SMARTS) is 1. The van der Waals surface area contributed by atoms with E-state index in [9.17, 15) is 9.59 Å². The highest BCUT2D eigenvalue weighted by atomic mass is 16.6. The average Bonchev–Trinajstić information content (AvgIpc) is 2.26. The topological polar surface area (TPSA) is 79.7 Å². The molecule has 6 nitrogen and oxygen atoms in total. The van der Waals surface area contributed by atoms with Crippen molar-refractivity contribution < 1.29 is 19.4 Å². The first-order chi connectivity index (χ1) is 9.26. The van der Waals surface area contributed by atoms with E-state index in [1.165, 1.54) is 4.90 Å². The Kier molecular flexibility index (Phi) is 5.64. The van der Waals surface area contributed by atoms with Crippen molar-refractivity contribution in [3.8, 4) is 0 Å². The molecule has 0 spiro atoms. The van der Waals surface area contributed by atoms with Crippen molar-refractivity contribution in [1.29, 1.82) is 0 Å². The molecule has 0 aromatic carbocycles. The lowest BCUT2D eigenvalue weighted by Crippen LogP contribution is -2.37. The summed E-state index contributed by atoms with van der Waals surface area (Å²) in [7, 11) is 0. The minimum atomic E-state index is -0.996. The van der Waals surface area contributed by atoms with Gasteiger partial charge in [-0.05, 0) is 32.9 Å². The normalized spacial score (nSPS) is 11.4. The number of aromatic nitrogens is 1. The van der Waals surface area contributed by atoms with Gasteiger partial charge in [0, 0.05) is 12.7 Å². The molecule has 0 aliphatic rings. The Morgan fingerprint density at radius 2 is 2.00 bits per heavy atom. The number of nitrogens with zero attached hydrogens (tertiary/aromatic N) is 2. The molecule has 0 aliphatic carbocycles. The lowest BCUT2D eigenvalue weighted by atomic mass is 10.2. The fraction of sp³-hybridized carbons (Fsp3) is 0.500. The maximum absolute atomic E-state index is 11.8. The van der Waals surface area contributed by atoms with E-state index in [2.05, 4.69) is 4.98 Å². The SMILES string of the molecule is CC(C)(C)OC(=O)CN(CC(=O)O)Cc1ccccn1. The summed E-state index contributed by atoms with van der Waals surface area (Å²) >= 11 is 0. The monoisotopic (exact) mass is 280 g/mol. The van der Waals surface area contributed by atoms with Gasteiger partial charge in [-0.2, -0.15) is 0 Å². The number of hydrogen-bond donors (Lipinski definition) is 1. The van der Waals surface area contributed by atoms with E-state index in [0.717, 1.165) is 0 Å². The molecular formula is C14H20N2O4. The standard InChI is InChI=1S/C14H20N2O4/c1-14(2,3)20-13(19)10-16(9-12(17)18)8-11-6-4-5-7-15-11/h4-7H,8-10H2,1-3H3,(H,17,18). The summed E-state index contributed by atoms with van der Waals surface area (Å²) in [4.78, 5) is 28.2. The van der Waals surface area contributed by atoms with E-state index in [0.29, 0.717) is 5.69 Å². The molecule has 20 heavy (non-hydrogen) atoms. The Labute approximate surface area is 118 Å². The minimum absolute atomic E-state index is 0.0832. The maximum Gasteiger partial charge on any atom is 0.320 e. The van der Waals surface area contributed by atoms with Crippen molar-refractivity contribution in [3.05, 3.63) is 30.1 Å². The van der Waals surface area contributed by atoms with E-state index in [-0.39, 0.29) is 19.6 Å². The second-order valence-corrected chi connectivity index (χ2v) is 5.45. The van der Waals surface area contributed by atoms with E-state index >= 15 is 0 Å². The molecular weight excluding hydrogens is 260 g/mol. The molecule has 0 fully saturated rings. The van der Waals surface area contributed by atoms with Crippen LogP contribution in [0.1, 0.15) is 26.5 Å². The molecule has 0 atom stereocenters. The van der Waals surface area contributed by atoms with Gasteiger partial charge in [-0.25, -0.2) is 0 Å². The van der Waals surface area contributed by atoms with Gasteiger partial charge in [0.05, 0.1) is 18.8 Å². The molecule has 110 valence electrons. The number of ether oxygens (including phenoxy) is 1. The number of esters is 1. The molecule has 0 radical (unpaired) electrons. The zero-order chi connectivity index (χ0) is 15.2. The van der Waals surface area contributed by atoms with Gasteiger partial charge in [-0.1, -0.05) is 6.07 Å². The molecule has 0 unspecified atom stereocenters. The van der Waals surface area contributed by atoms with Crippen molar-refractivity contribution in [2.75, 3.05) is 13.1 Å². The van der Waals surface area contributed by atoms with Crippen molar-refractivity contribution in [1.82, 2.24) is 9.88 Å². The highest BCUT2D eigenvalue weighted by Crippen LogP contribution is 2.08. The van der Waals surface area contributed by atoms with Gasteiger partial charge >= 0.3 is 11.9 Å². The summed E-state index contributed by atoms with van der Waals surface area (Å²) in [6.45, 7) is 5.27. The molecule has 1 N–H and O–H groups in total. The fourth-order valence-electron chi connectivity index (χ4n) is 1.64. The Hall–Kier alpha value is -1.95. The summed E-state index contributed by atoms with van der Waals surface area (Å²) in [5, 5.41) is 8.89. The van der Waals surface area contributed by atoms with Crippen molar-refractivity contribution in [2.45, 2.75) is 32.9 Å².